The second kappa shape index (κ2) is 5.38. The summed E-state index contributed by atoms with van der Waals surface area (Å²) in [4.78, 5) is 10.8. The van der Waals surface area contributed by atoms with Crippen molar-refractivity contribution in [1.29, 1.82) is 0 Å². The van der Waals surface area contributed by atoms with E-state index in [1.807, 2.05) is 0 Å². The van der Waals surface area contributed by atoms with Crippen molar-refractivity contribution in [1.82, 2.24) is 4.31 Å². The Morgan fingerprint density at radius 2 is 2.28 bits per heavy atom. The number of carbonyl (C=O) groups is 1. The van der Waals surface area contributed by atoms with E-state index in [1.165, 1.54) is 15.6 Å². The lowest BCUT2D eigenvalue weighted by Crippen LogP contribution is -2.44. The number of hydrogen-bond donors (Lipinski definition) is 1. The Morgan fingerprint density at radius 3 is 2.89 bits per heavy atom. The van der Waals surface area contributed by atoms with Gasteiger partial charge in [-0.2, -0.15) is 4.31 Å². The summed E-state index contributed by atoms with van der Waals surface area (Å²) in [5.41, 5.74) is 0. The molecule has 0 aliphatic carbocycles. The highest BCUT2D eigenvalue weighted by atomic mass is 32.2. The molecule has 1 aliphatic heterocycles. The van der Waals surface area contributed by atoms with Crippen molar-refractivity contribution in [3.8, 4) is 0 Å². The quantitative estimate of drug-likeness (QED) is 0.916. The highest BCUT2D eigenvalue weighted by Gasteiger charge is 2.34. The van der Waals surface area contributed by atoms with Gasteiger partial charge in [0, 0.05) is 12.6 Å². The Morgan fingerprint density at radius 1 is 1.50 bits per heavy atom. The van der Waals surface area contributed by atoms with E-state index in [2.05, 4.69) is 0 Å². The van der Waals surface area contributed by atoms with Crippen LogP contribution < -0.4 is 0 Å². The zero-order valence-electron chi connectivity index (χ0n) is 9.78. The second-order valence-electron chi connectivity index (χ2n) is 4.30. The van der Waals surface area contributed by atoms with Crippen LogP contribution in [0.5, 0.6) is 0 Å². The maximum absolute atomic E-state index is 12.4. The molecular weight excluding hydrogens is 274 g/mol. The van der Waals surface area contributed by atoms with Gasteiger partial charge in [-0.25, -0.2) is 8.42 Å². The van der Waals surface area contributed by atoms with Crippen molar-refractivity contribution in [3.05, 3.63) is 17.5 Å². The molecule has 1 aliphatic rings. The summed E-state index contributed by atoms with van der Waals surface area (Å²) in [6, 6.07) is 2.84. The van der Waals surface area contributed by atoms with Crippen LogP contribution in [-0.2, 0) is 14.8 Å². The van der Waals surface area contributed by atoms with E-state index in [9.17, 15) is 13.2 Å². The fourth-order valence-corrected chi connectivity index (χ4v) is 5.03. The van der Waals surface area contributed by atoms with Gasteiger partial charge in [0.05, 0.1) is 6.42 Å². The van der Waals surface area contributed by atoms with Crippen LogP contribution in [0.25, 0.3) is 0 Å². The molecule has 18 heavy (non-hydrogen) atoms. The molecule has 0 unspecified atom stereocenters. The first-order valence-corrected chi connectivity index (χ1v) is 8.11. The van der Waals surface area contributed by atoms with E-state index < -0.39 is 22.0 Å². The summed E-state index contributed by atoms with van der Waals surface area (Å²) in [5.74, 6) is -0.951. The molecule has 1 fully saturated rings. The van der Waals surface area contributed by atoms with E-state index >= 15 is 0 Å². The number of hydrogen-bond acceptors (Lipinski definition) is 4. The predicted octanol–water partition coefficient (Wildman–Crippen LogP) is 1.77. The van der Waals surface area contributed by atoms with Crippen molar-refractivity contribution in [2.24, 2.45) is 0 Å². The van der Waals surface area contributed by atoms with Crippen LogP contribution in [0.15, 0.2) is 21.7 Å². The van der Waals surface area contributed by atoms with Crippen LogP contribution in [0.1, 0.15) is 25.7 Å². The van der Waals surface area contributed by atoms with Crippen LogP contribution in [0.3, 0.4) is 0 Å². The maximum Gasteiger partial charge on any atom is 0.304 e. The Bertz CT molecular complexity index is 509. The lowest BCUT2D eigenvalue weighted by molar-refractivity contribution is -0.138. The second-order valence-corrected chi connectivity index (χ2v) is 7.36. The van der Waals surface area contributed by atoms with Gasteiger partial charge in [-0.1, -0.05) is 12.5 Å². The van der Waals surface area contributed by atoms with Gasteiger partial charge in [0.2, 0.25) is 0 Å². The van der Waals surface area contributed by atoms with Crippen molar-refractivity contribution >= 4 is 27.3 Å². The third-order valence-electron chi connectivity index (χ3n) is 3.04. The maximum atomic E-state index is 12.4. The van der Waals surface area contributed by atoms with Crippen LogP contribution in [0.4, 0.5) is 0 Å². The van der Waals surface area contributed by atoms with Gasteiger partial charge in [-0.15, -0.1) is 11.3 Å². The largest absolute Gasteiger partial charge is 0.481 e. The molecule has 100 valence electrons. The molecule has 1 aromatic heterocycles. The lowest BCUT2D eigenvalue weighted by atomic mass is 10.0. The van der Waals surface area contributed by atoms with Crippen molar-refractivity contribution < 1.29 is 18.3 Å². The Kier molecular flexibility index (Phi) is 4.04. The highest BCUT2D eigenvalue weighted by Crippen LogP contribution is 2.29. The van der Waals surface area contributed by atoms with Crippen LogP contribution in [0.2, 0.25) is 0 Å². The summed E-state index contributed by atoms with van der Waals surface area (Å²) >= 11 is 1.17. The normalized spacial score (nSPS) is 21.9. The molecule has 0 spiro atoms. The van der Waals surface area contributed by atoms with Gasteiger partial charge >= 0.3 is 5.97 Å². The highest BCUT2D eigenvalue weighted by molar-refractivity contribution is 7.91. The molecule has 1 aromatic rings. The number of nitrogens with zero attached hydrogens (tertiary/aromatic N) is 1. The average molecular weight is 289 g/mol. The van der Waals surface area contributed by atoms with Gasteiger partial charge in [0.1, 0.15) is 4.21 Å². The minimum atomic E-state index is -3.52. The Balaban J connectivity index is 2.26. The molecule has 1 N–H and O–H groups in total. The topological polar surface area (TPSA) is 74.7 Å². The van der Waals surface area contributed by atoms with Gasteiger partial charge in [0.25, 0.3) is 10.0 Å². The summed E-state index contributed by atoms with van der Waals surface area (Å²) in [6.07, 6.45) is 2.18. The third kappa shape index (κ3) is 2.73. The summed E-state index contributed by atoms with van der Waals surface area (Å²) in [6.45, 7) is 0.415. The fourth-order valence-electron chi connectivity index (χ4n) is 2.22. The Hall–Kier alpha value is -0.920. The van der Waals surface area contributed by atoms with E-state index in [1.54, 1.807) is 17.5 Å². The van der Waals surface area contributed by atoms with E-state index in [0.717, 1.165) is 12.8 Å². The molecule has 0 saturated carbocycles. The molecular formula is C11H15NO4S2. The molecule has 0 amide bonds. The van der Waals surface area contributed by atoms with Crippen molar-refractivity contribution in [2.45, 2.75) is 35.9 Å². The first-order chi connectivity index (χ1) is 8.51. The average Bonchev–Trinajstić information content (AvgIpc) is 2.82. The summed E-state index contributed by atoms with van der Waals surface area (Å²) in [7, 11) is -3.52. The number of thiophene rings is 1. The van der Waals surface area contributed by atoms with Crippen LogP contribution >= 0.6 is 11.3 Å². The number of carboxylic acid groups (broad SMARTS) is 1. The summed E-state index contributed by atoms with van der Waals surface area (Å²) < 4.78 is 26.4. The zero-order valence-corrected chi connectivity index (χ0v) is 11.4. The molecule has 7 heteroatoms. The third-order valence-corrected chi connectivity index (χ3v) is 6.37. The molecule has 0 radical (unpaired) electrons. The van der Waals surface area contributed by atoms with E-state index in [4.69, 9.17) is 5.11 Å². The SMILES string of the molecule is O=C(O)C[C@@H]1CCCCN1S(=O)(=O)c1cccs1. The standard InChI is InChI=1S/C11H15NO4S2/c13-10(14)8-9-4-1-2-6-12(9)18(15,16)11-5-3-7-17-11/h3,5,7,9H,1-2,4,6,8H2,(H,13,14)/t9-/m0/s1. The number of aliphatic carboxylic acids is 1. The molecule has 0 bridgehead atoms. The molecule has 1 atom stereocenters. The molecule has 2 heterocycles. The first-order valence-electron chi connectivity index (χ1n) is 5.79. The first kappa shape index (κ1) is 13.5. The lowest BCUT2D eigenvalue weighted by Gasteiger charge is -2.33. The van der Waals surface area contributed by atoms with E-state index in [0.29, 0.717) is 17.2 Å². The van der Waals surface area contributed by atoms with Gasteiger partial charge < -0.3 is 5.11 Å². The van der Waals surface area contributed by atoms with Crippen LogP contribution in [0, 0.1) is 0 Å². The minimum absolute atomic E-state index is 0.120. The predicted molar refractivity (Wildman–Crippen MR) is 68.1 cm³/mol. The van der Waals surface area contributed by atoms with E-state index in [-0.39, 0.29) is 6.42 Å². The minimum Gasteiger partial charge on any atom is -0.481 e. The molecule has 1 saturated heterocycles. The fraction of sp³-hybridized carbons (Fsp3) is 0.545. The van der Waals surface area contributed by atoms with Gasteiger partial charge in [0.15, 0.2) is 0 Å². The number of rotatable bonds is 4. The number of carboxylic acids is 1. The number of piperidine rings is 1. The molecule has 5 nitrogen and oxygen atoms in total. The smallest absolute Gasteiger partial charge is 0.304 e. The van der Waals surface area contributed by atoms with Crippen molar-refractivity contribution in [3.63, 3.8) is 0 Å². The monoisotopic (exact) mass is 289 g/mol. The molecule has 2 rings (SSSR count). The van der Waals surface area contributed by atoms with Gasteiger partial charge in [-0.05, 0) is 24.3 Å². The summed E-state index contributed by atoms with van der Waals surface area (Å²) in [5, 5.41) is 10.6. The Labute approximate surface area is 110 Å². The number of sulfonamides is 1. The van der Waals surface area contributed by atoms with Crippen LogP contribution in [-0.4, -0.2) is 36.4 Å². The molecule has 0 aromatic carbocycles. The van der Waals surface area contributed by atoms with Crippen molar-refractivity contribution in [2.75, 3.05) is 6.54 Å². The van der Waals surface area contributed by atoms with Gasteiger partial charge in [-0.3, -0.25) is 4.79 Å². The zero-order chi connectivity index (χ0) is 13.2.